The smallest absolute Gasteiger partial charge is 0.193 e. The van der Waals surface area contributed by atoms with Gasteiger partial charge in [0, 0.05) is 0 Å². The first-order valence-electron chi connectivity index (χ1n) is 12.0. The fraction of sp³-hybridized carbons (Fsp3) is 0.379. The second-order valence-corrected chi connectivity index (χ2v) is 15.2. The Bertz CT molecular complexity index is 1060. The van der Waals surface area contributed by atoms with Crippen LogP contribution < -0.4 is 9.47 Å². The Balaban J connectivity index is 1.59. The average molecular weight is 477 g/mol. The summed E-state index contributed by atoms with van der Waals surface area (Å²) in [5, 5.41) is 0.117. The standard InChI is InChI=1S/C29H36O4Si/c1-29(2,3)34(4,5)33-28(27-21-32-27)24-16-17-25(30-19-22-12-8-6-9-13-22)26(18-24)31-20-23-14-10-7-11-15-23/h6-18,27-28H,19-21H2,1-5H3/t27-,28-/m1/s1. The average Bonchev–Trinajstić information content (AvgIpc) is 3.66. The van der Waals surface area contributed by atoms with Crippen molar-refractivity contribution < 1.29 is 18.6 Å². The zero-order valence-corrected chi connectivity index (χ0v) is 21.9. The molecule has 1 fully saturated rings. The summed E-state index contributed by atoms with van der Waals surface area (Å²) in [4.78, 5) is 0. The van der Waals surface area contributed by atoms with Crippen LogP contribution in [0.4, 0.5) is 0 Å². The molecule has 0 aromatic heterocycles. The van der Waals surface area contributed by atoms with E-state index in [1.54, 1.807) is 0 Å². The van der Waals surface area contributed by atoms with Crippen LogP contribution in [-0.2, 0) is 22.4 Å². The lowest BCUT2D eigenvalue weighted by Crippen LogP contribution is -2.42. The highest BCUT2D eigenvalue weighted by molar-refractivity contribution is 6.74. The minimum Gasteiger partial charge on any atom is -0.485 e. The molecule has 1 heterocycles. The summed E-state index contributed by atoms with van der Waals surface area (Å²) in [5.74, 6) is 1.45. The number of epoxide rings is 1. The van der Waals surface area contributed by atoms with Crippen molar-refractivity contribution in [2.45, 2.75) is 64.3 Å². The van der Waals surface area contributed by atoms with Gasteiger partial charge in [-0.25, -0.2) is 0 Å². The molecular formula is C29H36O4Si. The highest BCUT2D eigenvalue weighted by atomic mass is 28.4. The molecule has 0 bridgehead atoms. The van der Waals surface area contributed by atoms with E-state index in [0.29, 0.717) is 13.2 Å². The summed E-state index contributed by atoms with van der Waals surface area (Å²) in [7, 11) is -1.99. The van der Waals surface area contributed by atoms with E-state index < -0.39 is 8.32 Å². The van der Waals surface area contributed by atoms with Crippen LogP contribution in [0.5, 0.6) is 11.5 Å². The predicted molar refractivity (Wildman–Crippen MR) is 139 cm³/mol. The molecular weight excluding hydrogens is 440 g/mol. The zero-order valence-electron chi connectivity index (χ0n) is 20.9. The Morgan fingerprint density at radius 2 is 1.35 bits per heavy atom. The first-order chi connectivity index (χ1) is 16.2. The monoisotopic (exact) mass is 476 g/mol. The number of rotatable bonds is 10. The zero-order chi connectivity index (χ0) is 24.2. The van der Waals surface area contributed by atoms with E-state index in [2.05, 4.69) is 70.3 Å². The SMILES string of the molecule is CC(C)(C)[Si](C)(C)O[C@H](c1ccc(OCc2ccccc2)c(OCc2ccccc2)c1)[C@H]1CO1. The second-order valence-electron chi connectivity index (χ2n) is 10.4. The Hall–Kier alpha value is -2.60. The maximum absolute atomic E-state index is 6.82. The third-order valence-corrected chi connectivity index (χ3v) is 11.2. The molecule has 1 saturated heterocycles. The minimum absolute atomic E-state index is 0.0900. The van der Waals surface area contributed by atoms with E-state index in [-0.39, 0.29) is 17.2 Å². The van der Waals surface area contributed by atoms with Gasteiger partial charge in [0.15, 0.2) is 19.8 Å². The number of hydrogen-bond donors (Lipinski definition) is 0. The Morgan fingerprint density at radius 1 is 0.824 bits per heavy atom. The van der Waals surface area contributed by atoms with Gasteiger partial charge in [-0.3, -0.25) is 0 Å². The molecule has 180 valence electrons. The molecule has 4 rings (SSSR count). The highest BCUT2D eigenvalue weighted by Gasteiger charge is 2.44. The van der Waals surface area contributed by atoms with Crippen molar-refractivity contribution in [2.24, 2.45) is 0 Å². The van der Waals surface area contributed by atoms with E-state index in [9.17, 15) is 0 Å². The van der Waals surface area contributed by atoms with Crippen molar-refractivity contribution in [1.82, 2.24) is 0 Å². The van der Waals surface area contributed by atoms with Crippen molar-refractivity contribution in [2.75, 3.05) is 6.61 Å². The molecule has 0 spiro atoms. The molecule has 3 aromatic rings. The molecule has 1 aliphatic heterocycles. The third kappa shape index (κ3) is 6.29. The van der Waals surface area contributed by atoms with Crippen LogP contribution in [0.1, 0.15) is 43.6 Å². The summed E-state index contributed by atoms with van der Waals surface area (Å²) in [6.07, 6.45) is -0.0182. The van der Waals surface area contributed by atoms with Gasteiger partial charge in [0.1, 0.15) is 19.3 Å². The van der Waals surface area contributed by atoms with Gasteiger partial charge in [0.05, 0.1) is 12.7 Å². The lowest BCUT2D eigenvalue weighted by Gasteiger charge is -2.39. The maximum Gasteiger partial charge on any atom is 0.193 e. The fourth-order valence-electron chi connectivity index (χ4n) is 3.49. The molecule has 3 aromatic carbocycles. The van der Waals surface area contributed by atoms with Crippen LogP contribution >= 0.6 is 0 Å². The Labute approximate surface area is 205 Å². The predicted octanol–water partition coefficient (Wildman–Crippen LogP) is 7.31. The molecule has 1 aliphatic rings. The molecule has 4 nitrogen and oxygen atoms in total. The van der Waals surface area contributed by atoms with Gasteiger partial charge >= 0.3 is 0 Å². The molecule has 5 heteroatoms. The fourth-order valence-corrected chi connectivity index (χ4v) is 4.76. The van der Waals surface area contributed by atoms with E-state index in [4.69, 9.17) is 18.6 Å². The van der Waals surface area contributed by atoms with Gasteiger partial charge in [-0.15, -0.1) is 0 Å². The number of hydrogen-bond acceptors (Lipinski definition) is 4. The first kappa shape index (κ1) is 24.5. The normalized spacial score (nSPS) is 16.7. The van der Waals surface area contributed by atoms with Crippen molar-refractivity contribution >= 4 is 8.32 Å². The van der Waals surface area contributed by atoms with E-state index in [0.717, 1.165) is 34.8 Å². The highest BCUT2D eigenvalue weighted by Crippen LogP contribution is 2.44. The summed E-state index contributed by atoms with van der Waals surface area (Å²) < 4.78 is 25.0. The molecule has 0 aliphatic carbocycles. The van der Waals surface area contributed by atoms with Gasteiger partial charge in [0.25, 0.3) is 0 Å². The lowest BCUT2D eigenvalue weighted by molar-refractivity contribution is 0.143. The molecule has 0 unspecified atom stereocenters. The topological polar surface area (TPSA) is 40.2 Å². The quantitative estimate of drug-likeness (QED) is 0.227. The Morgan fingerprint density at radius 3 is 1.85 bits per heavy atom. The summed E-state index contributed by atoms with van der Waals surface area (Å²) >= 11 is 0. The van der Waals surface area contributed by atoms with Crippen molar-refractivity contribution in [1.29, 1.82) is 0 Å². The van der Waals surface area contributed by atoms with Crippen LogP contribution in [-0.4, -0.2) is 21.0 Å². The van der Waals surface area contributed by atoms with Gasteiger partial charge in [-0.2, -0.15) is 0 Å². The van der Waals surface area contributed by atoms with Gasteiger partial charge in [0.2, 0.25) is 0 Å². The number of benzene rings is 3. The number of ether oxygens (including phenoxy) is 3. The van der Waals surface area contributed by atoms with Crippen molar-refractivity contribution in [3.8, 4) is 11.5 Å². The Kier molecular flexibility index (Phi) is 7.46. The van der Waals surface area contributed by atoms with Gasteiger partial charge in [-0.05, 0) is 47.0 Å². The summed E-state index contributed by atoms with van der Waals surface area (Å²) in [5.41, 5.74) is 3.30. The van der Waals surface area contributed by atoms with E-state index >= 15 is 0 Å². The molecule has 34 heavy (non-hydrogen) atoms. The maximum atomic E-state index is 6.82. The van der Waals surface area contributed by atoms with Crippen LogP contribution in [0.15, 0.2) is 78.9 Å². The summed E-state index contributed by atoms with van der Waals surface area (Å²) in [6.45, 7) is 13.0. The van der Waals surface area contributed by atoms with Crippen LogP contribution in [0.25, 0.3) is 0 Å². The third-order valence-electron chi connectivity index (χ3n) is 6.70. The first-order valence-corrected chi connectivity index (χ1v) is 14.9. The van der Waals surface area contributed by atoms with Gasteiger partial charge < -0.3 is 18.6 Å². The van der Waals surface area contributed by atoms with E-state index in [1.165, 1.54) is 0 Å². The second kappa shape index (κ2) is 10.3. The van der Waals surface area contributed by atoms with Crippen molar-refractivity contribution in [3.05, 3.63) is 95.6 Å². The van der Waals surface area contributed by atoms with Crippen LogP contribution in [0.2, 0.25) is 18.1 Å². The molecule has 0 saturated carbocycles. The van der Waals surface area contributed by atoms with E-state index in [1.807, 2.05) is 42.5 Å². The molecule has 0 radical (unpaired) electrons. The van der Waals surface area contributed by atoms with Crippen LogP contribution in [0, 0.1) is 0 Å². The lowest BCUT2D eigenvalue weighted by atomic mass is 10.1. The largest absolute Gasteiger partial charge is 0.485 e. The molecule has 0 amide bonds. The van der Waals surface area contributed by atoms with Crippen LogP contribution in [0.3, 0.4) is 0 Å². The molecule has 2 atom stereocenters. The van der Waals surface area contributed by atoms with Gasteiger partial charge in [-0.1, -0.05) is 87.5 Å². The molecule has 0 N–H and O–H groups in total. The van der Waals surface area contributed by atoms with Crippen molar-refractivity contribution in [3.63, 3.8) is 0 Å². The minimum atomic E-state index is -1.99. The summed E-state index contributed by atoms with van der Waals surface area (Å²) in [6, 6.07) is 26.5.